The smallest absolute Gasteiger partial charge is 0.214 e. The third kappa shape index (κ3) is 11.1. The van der Waals surface area contributed by atoms with Gasteiger partial charge >= 0.3 is 41.8 Å². The molecule has 0 bridgehead atoms. The van der Waals surface area contributed by atoms with Crippen molar-refractivity contribution in [2.24, 2.45) is 0 Å². The first-order valence-electron chi connectivity index (χ1n) is 14.8. The van der Waals surface area contributed by atoms with Crippen LogP contribution in [0.4, 0.5) is 52.7 Å². The number of benzene rings is 2. The summed E-state index contributed by atoms with van der Waals surface area (Å²) in [4.78, 5) is 0. The summed E-state index contributed by atoms with van der Waals surface area (Å²) in [5, 5.41) is -1.21. The first kappa shape index (κ1) is 41.1. The van der Waals surface area contributed by atoms with Gasteiger partial charge in [0.15, 0.2) is 0 Å². The maximum Gasteiger partial charge on any atom is 2.00 e. The molecule has 1 unspecified atom stereocenters. The quantitative estimate of drug-likeness (QED) is 0.0791. The van der Waals surface area contributed by atoms with Crippen molar-refractivity contribution in [1.82, 2.24) is 0 Å². The van der Waals surface area contributed by atoms with Crippen molar-refractivity contribution >= 4 is 32.4 Å². The minimum absolute atomic E-state index is 0. The first-order valence-corrected chi connectivity index (χ1v) is 17.3. The van der Waals surface area contributed by atoms with E-state index in [1.54, 1.807) is 13.0 Å². The molecule has 15 heteroatoms. The predicted octanol–water partition coefficient (Wildman–Crippen LogP) is 11.7. The van der Waals surface area contributed by atoms with E-state index in [2.05, 4.69) is 0 Å². The molecule has 0 amide bonds. The van der Waals surface area contributed by atoms with E-state index < -0.39 is 65.5 Å². The van der Waals surface area contributed by atoms with Crippen LogP contribution in [-0.4, -0.2) is 5.66 Å². The van der Waals surface area contributed by atoms with Crippen molar-refractivity contribution in [1.29, 1.82) is 0 Å². The van der Waals surface area contributed by atoms with E-state index in [4.69, 9.17) is 0 Å². The molecule has 1 saturated carbocycles. The van der Waals surface area contributed by atoms with Crippen LogP contribution in [0.25, 0.3) is 0 Å². The van der Waals surface area contributed by atoms with Crippen LogP contribution in [0.3, 0.4) is 0 Å². The fourth-order valence-electron chi connectivity index (χ4n) is 5.59. The summed E-state index contributed by atoms with van der Waals surface area (Å²) in [6.07, 6.45) is -16.2. The molecule has 49 heavy (non-hydrogen) atoms. The third-order valence-corrected chi connectivity index (χ3v) is 12.1. The van der Waals surface area contributed by atoms with Gasteiger partial charge in [-0.1, -0.05) is 26.2 Å². The van der Waals surface area contributed by atoms with Crippen LogP contribution in [0.5, 0.6) is 0 Å². The SMILES string of the molecule is C[C@@H](PC1CCCCC1)[c-]1cccc1P(c1cc(C(F)(F)F)cc(C(F)(F)F)c1)c1cc(C(F)(F)F)cc(C(F)(F)F)c1.[Fe+2].c1cc[cH-]c1. The minimum Gasteiger partial charge on any atom is -0.214 e. The zero-order valence-electron chi connectivity index (χ0n) is 25.6. The standard InChI is InChI=1S/C29H25F12P2.C5H5.Fe/c1-16(42-21-6-3-2-4-7-21)24-8-5-9-25(24)43(22-12-17(26(30,31)32)10-18(13-22)27(33,34)35)23-14-19(28(36,37)38)11-20(15-23)29(39,40)41;1-2-4-5-3-1;/h5,8-16,21,42H,2-4,6-7H2,1H3;1-5H;/q2*-1;+2/t16-;;/m1../s1. The fraction of sp³-hybridized carbons (Fsp3) is 0.353. The number of hydrogen-bond acceptors (Lipinski definition) is 0. The van der Waals surface area contributed by atoms with E-state index in [0.29, 0.717) is 44.1 Å². The van der Waals surface area contributed by atoms with Gasteiger partial charge in [-0.15, -0.1) is 19.4 Å². The summed E-state index contributed by atoms with van der Waals surface area (Å²) in [5.41, 5.74) is -6.33. The molecule has 1 fully saturated rings. The Kier molecular flexibility index (Phi) is 13.7. The molecule has 4 aromatic carbocycles. The van der Waals surface area contributed by atoms with Gasteiger partial charge in [0, 0.05) is 0 Å². The first-order chi connectivity index (χ1) is 22.2. The monoisotopic (exact) mass is 784 g/mol. The van der Waals surface area contributed by atoms with E-state index in [1.807, 2.05) is 30.3 Å². The molecular weight excluding hydrogens is 754 g/mol. The van der Waals surface area contributed by atoms with E-state index in [1.165, 1.54) is 12.1 Å². The van der Waals surface area contributed by atoms with Gasteiger partial charge < -0.3 is 0 Å². The number of hydrogen-bond donors (Lipinski definition) is 0. The molecule has 0 heterocycles. The van der Waals surface area contributed by atoms with Crippen LogP contribution in [0.15, 0.2) is 84.9 Å². The Bertz CT molecular complexity index is 1450. The van der Waals surface area contributed by atoms with Crippen molar-refractivity contribution in [2.45, 2.75) is 75.1 Å². The zero-order valence-corrected chi connectivity index (χ0v) is 28.6. The summed E-state index contributed by atoms with van der Waals surface area (Å²) in [6.45, 7) is 1.81. The van der Waals surface area contributed by atoms with Crippen LogP contribution in [0.1, 0.15) is 72.5 Å². The Balaban J connectivity index is 0.000000992. The molecule has 0 saturated heterocycles. The molecule has 0 aliphatic heterocycles. The predicted molar refractivity (Wildman–Crippen MR) is 166 cm³/mol. The Morgan fingerprint density at radius 1 is 0.653 bits per heavy atom. The normalized spacial score (nSPS) is 15.6. The van der Waals surface area contributed by atoms with Crippen molar-refractivity contribution in [3.05, 3.63) is 113 Å². The van der Waals surface area contributed by atoms with E-state index >= 15 is 0 Å². The van der Waals surface area contributed by atoms with Gasteiger partial charge in [0.1, 0.15) is 0 Å². The van der Waals surface area contributed by atoms with Gasteiger partial charge in [0.25, 0.3) is 0 Å². The molecule has 1 aliphatic rings. The molecule has 0 radical (unpaired) electrons. The average molecular weight is 784 g/mol. The Labute approximate surface area is 289 Å². The largest absolute Gasteiger partial charge is 2.00 e. The molecule has 4 aromatic rings. The van der Waals surface area contributed by atoms with Crippen LogP contribution >= 0.6 is 16.5 Å². The molecule has 0 N–H and O–H groups in total. The number of halogens is 12. The summed E-state index contributed by atoms with van der Waals surface area (Å²) in [5.74, 6) is 0. The average Bonchev–Trinajstić information content (AvgIpc) is 3.72. The summed E-state index contributed by atoms with van der Waals surface area (Å²) < 4.78 is 166. The number of rotatable bonds is 6. The molecule has 1 aliphatic carbocycles. The van der Waals surface area contributed by atoms with Crippen molar-refractivity contribution < 1.29 is 69.8 Å². The maximum absolute atomic E-state index is 13.8. The summed E-state index contributed by atoms with van der Waals surface area (Å²) in [6, 6.07) is 15.7. The topological polar surface area (TPSA) is 0 Å². The second kappa shape index (κ2) is 16.4. The molecule has 2 atom stereocenters. The summed E-state index contributed by atoms with van der Waals surface area (Å²) in [7, 11) is -2.44. The molecule has 0 nitrogen and oxygen atoms in total. The number of alkyl halides is 12. The Hall–Kier alpha value is -2.32. The Morgan fingerprint density at radius 3 is 1.41 bits per heavy atom. The van der Waals surface area contributed by atoms with Crippen LogP contribution in [0, 0.1) is 0 Å². The van der Waals surface area contributed by atoms with Crippen molar-refractivity contribution in [3.63, 3.8) is 0 Å². The van der Waals surface area contributed by atoms with E-state index in [-0.39, 0.29) is 40.2 Å². The van der Waals surface area contributed by atoms with Crippen LogP contribution < -0.4 is 15.9 Å². The molecule has 268 valence electrons. The zero-order chi connectivity index (χ0) is 35.5. The van der Waals surface area contributed by atoms with Gasteiger partial charge in [0.2, 0.25) is 0 Å². The van der Waals surface area contributed by atoms with Crippen LogP contribution in [-0.2, 0) is 41.8 Å². The minimum atomic E-state index is -5.27. The van der Waals surface area contributed by atoms with Gasteiger partial charge in [-0.05, 0) is 79.1 Å². The third-order valence-electron chi connectivity index (χ3n) is 7.84. The summed E-state index contributed by atoms with van der Waals surface area (Å²) >= 11 is 0. The second-order valence-corrected chi connectivity index (χ2v) is 15.6. The molecular formula is C34H30F12FeP2. The maximum atomic E-state index is 13.8. The van der Waals surface area contributed by atoms with Crippen molar-refractivity contribution in [2.75, 3.05) is 0 Å². The second-order valence-electron chi connectivity index (χ2n) is 11.4. The van der Waals surface area contributed by atoms with E-state index in [0.717, 1.165) is 32.1 Å². The van der Waals surface area contributed by atoms with Crippen molar-refractivity contribution in [3.8, 4) is 0 Å². The Morgan fingerprint density at radius 2 is 1.06 bits per heavy atom. The van der Waals surface area contributed by atoms with Crippen LogP contribution in [0.2, 0.25) is 0 Å². The van der Waals surface area contributed by atoms with Gasteiger partial charge in [0.05, 0.1) is 22.3 Å². The molecule has 0 aromatic heterocycles. The molecule has 0 spiro atoms. The van der Waals surface area contributed by atoms with E-state index in [9.17, 15) is 52.7 Å². The van der Waals surface area contributed by atoms with Gasteiger partial charge in [-0.3, -0.25) is 0 Å². The fourth-order valence-corrected chi connectivity index (χ4v) is 10.3. The van der Waals surface area contributed by atoms with Gasteiger partial charge in [-0.2, -0.15) is 77.0 Å². The molecule has 5 rings (SSSR count). The van der Waals surface area contributed by atoms with Gasteiger partial charge in [-0.25, -0.2) is 24.3 Å².